The van der Waals surface area contributed by atoms with Crippen molar-refractivity contribution in [2.24, 2.45) is 0 Å². The van der Waals surface area contributed by atoms with Crippen LogP contribution in [0.3, 0.4) is 0 Å². The quantitative estimate of drug-likeness (QED) is 0.663. The van der Waals surface area contributed by atoms with Crippen LogP contribution < -0.4 is 9.47 Å². The highest BCUT2D eigenvalue weighted by Crippen LogP contribution is 2.17. The van der Waals surface area contributed by atoms with E-state index in [1.54, 1.807) is 34.1 Å². The van der Waals surface area contributed by atoms with Gasteiger partial charge in [0.25, 0.3) is 11.8 Å². The Bertz CT molecular complexity index is 754. The molecule has 0 radical (unpaired) electrons. The van der Waals surface area contributed by atoms with Crippen LogP contribution in [0.25, 0.3) is 0 Å². The zero-order valence-corrected chi connectivity index (χ0v) is 17.8. The average molecular weight is 411 g/mol. The maximum absolute atomic E-state index is 12.8. The highest BCUT2D eigenvalue weighted by Gasteiger charge is 2.25. The molecule has 1 fully saturated rings. The monoisotopic (exact) mass is 410 g/mol. The number of rotatable bonds is 8. The predicted molar refractivity (Wildman–Crippen MR) is 116 cm³/mol. The molecule has 6 nitrogen and oxygen atoms in total. The molecule has 30 heavy (non-hydrogen) atoms. The van der Waals surface area contributed by atoms with E-state index in [9.17, 15) is 9.59 Å². The molecule has 6 heteroatoms. The molecule has 0 bridgehead atoms. The molecule has 0 spiro atoms. The minimum absolute atomic E-state index is 0.0124. The summed E-state index contributed by atoms with van der Waals surface area (Å²) in [6, 6.07) is 14.5. The van der Waals surface area contributed by atoms with Crippen molar-refractivity contribution in [1.29, 1.82) is 0 Å². The molecule has 0 saturated carbocycles. The van der Waals surface area contributed by atoms with Gasteiger partial charge in [-0.1, -0.05) is 13.8 Å². The summed E-state index contributed by atoms with van der Waals surface area (Å²) in [5.74, 6) is 1.52. The lowest BCUT2D eigenvalue weighted by Crippen LogP contribution is -2.50. The van der Waals surface area contributed by atoms with Crippen LogP contribution in [0, 0.1) is 0 Å². The average Bonchev–Trinajstić information content (AvgIpc) is 2.81. The first kappa shape index (κ1) is 21.7. The molecule has 0 aliphatic carbocycles. The molecule has 2 aromatic carbocycles. The number of piperazine rings is 1. The van der Waals surface area contributed by atoms with Gasteiger partial charge in [-0.05, 0) is 61.4 Å². The second-order valence-corrected chi connectivity index (χ2v) is 7.33. The van der Waals surface area contributed by atoms with Crippen LogP contribution >= 0.6 is 0 Å². The Morgan fingerprint density at radius 3 is 1.30 bits per heavy atom. The summed E-state index contributed by atoms with van der Waals surface area (Å²) in [6.45, 7) is 7.54. The third-order valence-electron chi connectivity index (χ3n) is 5.00. The third kappa shape index (κ3) is 5.53. The van der Waals surface area contributed by atoms with Gasteiger partial charge in [0, 0.05) is 37.3 Å². The fraction of sp³-hybridized carbons (Fsp3) is 0.417. The van der Waals surface area contributed by atoms with Crippen molar-refractivity contribution in [1.82, 2.24) is 9.80 Å². The molecular formula is C24H30N2O4. The topological polar surface area (TPSA) is 59.1 Å². The Kier molecular flexibility index (Phi) is 7.71. The maximum atomic E-state index is 12.8. The SMILES string of the molecule is CCCOc1ccc(C(=O)N2CCN(C(=O)c3ccc(OCCC)cc3)CC2)cc1. The van der Waals surface area contributed by atoms with Crippen molar-refractivity contribution in [2.45, 2.75) is 26.7 Å². The fourth-order valence-electron chi connectivity index (χ4n) is 3.31. The van der Waals surface area contributed by atoms with Crippen LogP contribution in [-0.2, 0) is 0 Å². The molecule has 0 N–H and O–H groups in total. The summed E-state index contributed by atoms with van der Waals surface area (Å²) in [5.41, 5.74) is 1.28. The molecule has 0 atom stereocenters. The first-order valence-corrected chi connectivity index (χ1v) is 10.7. The zero-order valence-electron chi connectivity index (χ0n) is 17.8. The van der Waals surface area contributed by atoms with Crippen molar-refractivity contribution in [2.75, 3.05) is 39.4 Å². The van der Waals surface area contributed by atoms with Gasteiger partial charge in [-0.25, -0.2) is 0 Å². The van der Waals surface area contributed by atoms with Crippen LogP contribution in [0.15, 0.2) is 48.5 Å². The lowest BCUT2D eigenvalue weighted by atomic mass is 10.1. The lowest BCUT2D eigenvalue weighted by Gasteiger charge is -2.35. The smallest absolute Gasteiger partial charge is 0.253 e. The van der Waals surface area contributed by atoms with E-state index in [2.05, 4.69) is 13.8 Å². The van der Waals surface area contributed by atoms with E-state index >= 15 is 0 Å². The Balaban J connectivity index is 1.52. The van der Waals surface area contributed by atoms with Gasteiger partial charge in [-0.3, -0.25) is 9.59 Å². The van der Waals surface area contributed by atoms with E-state index < -0.39 is 0 Å². The first-order valence-electron chi connectivity index (χ1n) is 10.7. The van der Waals surface area contributed by atoms with Gasteiger partial charge in [0.1, 0.15) is 11.5 Å². The first-order chi connectivity index (χ1) is 14.6. The summed E-state index contributed by atoms with van der Waals surface area (Å²) in [4.78, 5) is 29.1. The maximum Gasteiger partial charge on any atom is 0.253 e. The molecular weight excluding hydrogens is 380 g/mol. The molecule has 1 aliphatic rings. The fourth-order valence-corrected chi connectivity index (χ4v) is 3.31. The lowest BCUT2D eigenvalue weighted by molar-refractivity contribution is 0.0535. The van der Waals surface area contributed by atoms with E-state index in [1.165, 1.54) is 0 Å². The molecule has 160 valence electrons. The van der Waals surface area contributed by atoms with E-state index in [0.717, 1.165) is 24.3 Å². The van der Waals surface area contributed by atoms with E-state index in [4.69, 9.17) is 9.47 Å². The summed E-state index contributed by atoms with van der Waals surface area (Å²) in [5, 5.41) is 0. The highest BCUT2D eigenvalue weighted by atomic mass is 16.5. The zero-order chi connectivity index (χ0) is 21.3. The second kappa shape index (κ2) is 10.7. The van der Waals surface area contributed by atoms with Gasteiger partial charge in [0.2, 0.25) is 0 Å². The molecule has 2 amide bonds. The molecule has 0 aromatic heterocycles. The number of benzene rings is 2. The van der Waals surface area contributed by atoms with Crippen molar-refractivity contribution >= 4 is 11.8 Å². The predicted octanol–water partition coefficient (Wildman–Crippen LogP) is 3.86. The van der Waals surface area contributed by atoms with Crippen molar-refractivity contribution in [3.05, 3.63) is 59.7 Å². The van der Waals surface area contributed by atoms with Crippen molar-refractivity contribution in [3.63, 3.8) is 0 Å². The molecule has 0 unspecified atom stereocenters. The third-order valence-corrected chi connectivity index (χ3v) is 5.00. The number of carbonyl (C=O) groups is 2. The van der Waals surface area contributed by atoms with Crippen LogP contribution in [0.4, 0.5) is 0 Å². The molecule has 1 aliphatic heterocycles. The van der Waals surface area contributed by atoms with E-state index in [0.29, 0.717) is 50.5 Å². The van der Waals surface area contributed by atoms with E-state index in [1.807, 2.05) is 24.3 Å². The Morgan fingerprint density at radius 1 is 0.667 bits per heavy atom. The highest BCUT2D eigenvalue weighted by molar-refractivity contribution is 5.96. The number of ether oxygens (including phenoxy) is 2. The number of hydrogen-bond donors (Lipinski definition) is 0. The van der Waals surface area contributed by atoms with E-state index in [-0.39, 0.29) is 11.8 Å². The number of hydrogen-bond acceptors (Lipinski definition) is 4. The summed E-state index contributed by atoms with van der Waals surface area (Å²) >= 11 is 0. The summed E-state index contributed by atoms with van der Waals surface area (Å²) < 4.78 is 11.1. The standard InChI is InChI=1S/C24H30N2O4/c1-3-17-29-21-9-5-19(6-10-21)23(27)25-13-15-26(16-14-25)24(28)20-7-11-22(12-8-20)30-18-4-2/h5-12H,3-4,13-18H2,1-2H3. The Hall–Kier alpha value is -3.02. The molecule has 2 aromatic rings. The van der Waals surface area contributed by atoms with Crippen LogP contribution in [0.2, 0.25) is 0 Å². The van der Waals surface area contributed by atoms with Gasteiger partial charge in [-0.15, -0.1) is 0 Å². The minimum atomic E-state index is -0.0124. The van der Waals surface area contributed by atoms with Crippen LogP contribution in [-0.4, -0.2) is 61.0 Å². The normalized spacial score (nSPS) is 13.8. The second-order valence-electron chi connectivity index (χ2n) is 7.33. The van der Waals surface area contributed by atoms with Crippen molar-refractivity contribution < 1.29 is 19.1 Å². The van der Waals surface area contributed by atoms with Gasteiger partial charge >= 0.3 is 0 Å². The largest absolute Gasteiger partial charge is 0.494 e. The number of amides is 2. The number of carbonyl (C=O) groups excluding carboxylic acids is 2. The Morgan fingerprint density at radius 2 is 1.00 bits per heavy atom. The van der Waals surface area contributed by atoms with Gasteiger partial charge < -0.3 is 19.3 Å². The molecule has 3 rings (SSSR count). The van der Waals surface area contributed by atoms with Crippen molar-refractivity contribution in [3.8, 4) is 11.5 Å². The van der Waals surface area contributed by atoms with Gasteiger partial charge in [-0.2, -0.15) is 0 Å². The summed E-state index contributed by atoms with van der Waals surface area (Å²) in [7, 11) is 0. The molecule has 1 saturated heterocycles. The van der Waals surface area contributed by atoms with Gasteiger partial charge in [0.15, 0.2) is 0 Å². The summed E-state index contributed by atoms with van der Waals surface area (Å²) in [6.07, 6.45) is 1.89. The van der Waals surface area contributed by atoms with Crippen LogP contribution in [0.1, 0.15) is 47.4 Å². The van der Waals surface area contributed by atoms with Crippen LogP contribution in [0.5, 0.6) is 11.5 Å². The Labute approximate surface area is 178 Å². The minimum Gasteiger partial charge on any atom is -0.494 e. The molecule has 1 heterocycles. The van der Waals surface area contributed by atoms with Gasteiger partial charge in [0.05, 0.1) is 13.2 Å². The number of nitrogens with zero attached hydrogens (tertiary/aromatic N) is 2.